The molecule has 2 rings (SSSR count). The molecule has 0 fully saturated rings. The van der Waals surface area contributed by atoms with Crippen LogP contribution in [0.25, 0.3) is 0 Å². The number of aliphatic hydroxyl groups is 3. The van der Waals surface area contributed by atoms with Gasteiger partial charge >= 0.3 is 5.97 Å². The standard InChI is InChI=1S/C12H10Cl2N2O4/c13-10-3-1-2-9(12(17,18)19)8(10)6-20-7-4-15-11(14)16-5-7/h1-5,17-19H,6H2. The highest BCUT2D eigenvalue weighted by Crippen LogP contribution is 2.27. The molecule has 106 valence electrons. The molecule has 0 aliphatic carbocycles. The van der Waals surface area contributed by atoms with Crippen LogP contribution in [0.1, 0.15) is 11.1 Å². The summed E-state index contributed by atoms with van der Waals surface area (Å²) in [6.07, 6.45) is 2.71. The molecule has 1 aromatic carbocycles. The SMILES string of the molecule is OC(O)(O)c1cccc(Cl)c1COc1cnc(Cl)nc1. The Kier molecular flexibility index (Phi) is 4.42. The molecule has 1 aromatic heterocycles. The average molecular weight is 317 g/mol. The number of nitrogens with zero attached hydrogens (tertiary/aromatic N) is 2. The van der Waals surface area contributed by atoms with Gasteiger partial charge in [0, 0.05) is 16.1 Å². The van der Waals surface area contributed by atoms with Crippen molar-refractivity contribution in [3.8, 4) is 5.75 Å². The monoisotopic (exact) mass is 316 g/mol. The molecule has 0 aliphatic rings. The van der Waals surface area contributed by atoms with Gasteiger partial charge < -0.3 is 20.1 Å². The fourth-order valence-corrected chi connectivity index (χ4v) is 1.88. The zero-order valence-electron chi connectivity index (χ0n) is 9.99. The molecule has 0 unspecified atom stereocenters. The van der Waals surface area contributed by atoms with E-state index >= 15 is 0 Å². The summed E-state index contributed by atoms with van der Waals surface area (Å²) >= 11 is 11.5. The van der Waals surface area contributed by atoms with E-state index in [4.69, 9.17) is 27.9 Å². The predicted octanol–water partition coefficient (Wildman–Crippen LogP) is 1.45. The topological polar surface area (TPSA) is 95.7 Å². The van der Waals surface area contributed by atoms with Gasteiger partial charge in [-0.2, -0.15) is 0 Å². The fraction of sp³-hybridized carbons (Fsp3) is 0.167. The van der Waals surface area contributed by atoms with Crippen LogP contribution in [-0.2, 0) is 12.6 Å². The van der Waals surface area contributed by atoms with Crippen LogP contribution in [0.5, 0.6) is 5.75 Å². The molecule has 0 bridgehead atoms. The van der Waals surface area contributed by atoms with Gasteiger partial charge in [-0.25, -0.2) is 9.97 Å². The van der Waals surface area contributed by atoms with E-state index in [0.29, 0.717) is 5.75 Å². The molecule has 0 saturated heterocycles. The first-order valence-corrected chi connectivity index (χ1v) is 6.19. The Hall–Kier alpha value is -1.44. The van der Waals surface area contributed by atoms with Crippen LogP contribution in [0.3, 0.4) is 0 Å². The van der Waals surface area contributed by atoms with E-state index in [-0.39, 0.29) is 28.0 Å². The van der Waals surface area contributed by atoms with E-state index in [1.165, 1.54) is 30.6 Å². The van der Waals surface area contributed by atoms with E-state index in [1.807, 2.05) is 0 Å². The van der Waals surface area contributed by atoms with Gasteiger partial charge in [-0.1, -0.05) is 23.7 Å². The molecule has 0 saturated carbocycles. The Labute approximate surface area is 124 Å². The van der Waals surface area contributed by atoms with Crippen LogP contribution >= 0.6 is 23.2 Å². The number of rotatable bonds is 4. The molecular formula is C12H10Cl2N2O4. The van der Waals surface area contributed by atoms with Gasteiger partial charge in [-0.05, 0) is 17.7 Å². The highest BCUT2D eigenvalue weighted by Gasteiger charge is 2.26. The average Bonchev–Trinajstić information content (AvgIpc) is 2.38. The first-order chi connectivity index (χ1) is 9.38. The van der Waals surface area contributed by atoms with Gasteiger partial charge in [0.25, 0.3) is 0 Å². The van der Waals surface area contributed by atoms with Gasteiger partial charge in [0.15, 0.2) is 5.75 Å². The Bertz CT molecular complexity index is 599. The quantitative estimate of drug-likeness (QED) is 0.583. The van der Waals surface area contributed by atoms with E-state index in [0.717, 1.165) is 0 Å². The second-order valence-corrected chi connectivity index (χ2v) is 4.62. The number of benzene rings is 1. The van der Waals surface area contributed by atoms with Crippen molar-refractivity contribution in [2.75, 3.05) is 0 Å². The number of ether oxygens (including phenoxy) is 1. The lowest BCUT2D eigenvalue weighted by Crippen LogP contribution is -2.26. The summed E-state index contributed by atoms with van der Waals surface area (Å²) in [5.74, 6) is -2.68. The van der Waals surface area contributed by atoms with Gasteiger partial charge in [0.1, 0.15) is 6.61 Å². The molecule has 6 nitrogen and oxygen atoms in total. The van der Waals surface area contributed by atoms with Crippen LogP contribution in [-0.4, -0.2) is 25.3 Å². The minimum Gasteiger partial charge on any atom is -0.486 e. The van der Waals surface area contributed by atoms with Gasteiger partial charge in [-0.15, -0.1) is 0 Å². The smallest absolute Gasteiger partial charge is 0.304 e. The largest absolute Gasteiger partial charge is 0.486 e. The van der Waals surface area contributed by atoms with Crippen LogP contribution in [0, 0.1) is 0 Å². The third-order valence-electron chi connectivity index (χ3n) is 2.46. The maximum Gasteiger partial charge on any atom is 0.304 e. The van der Waals surface area contributed by atoms with E-state index in [1.54, 1.807) is 0 Å². The summed E-state index contributed by atoms with van der Waals surface area (Å²) in [5, 5.41) is 28.1. The number of hydrogen-bond donors (Lipinski definition) is 3. The molecule has 0 radical (unpaired) electrons. The van der Waals surface area contributed by atoms with Crippen LogP contribution in [0.15, 0.2) is 30.6 Å². The summed E-state index contributed by atoms with van der Waals surface area (Å²) in [4.78, 5) is 7.47. The fourth-order valence-electron chi connectivity index (χ4n) is 1.55. The van der Waals surface area contributed by atoms with Crippen molar-refractivity contribution < 1.29 is 20.1 Å². The Morgan fingerprint density at radius 1 is 1.10 bits per heavy atom. The van der Waals surface area contributed by atoms with Gasteiger partial charge in [0.05, 0.1) is 12.4 Å². The molecular weight excluding hydrogens is 307 g/mol. The van der Waals surface area contributed by atoms with Crippen molar-refractivity contribution in [2.24, 2.45) is 0 Å². The molecule has 0 amide bonds. The maximum atomic E-state index is 9.28. The van der Waals surface area contributed by atoms with Crippen molar-refractivity contribution in [3.63, 3.8) is 0 Å². The molecule has 0 spiro atoms. The van der Waals surface area contributed by atoms with Gasteiger partial charge in [-0.3, -0.25) is 0 Å². The Balaban J connectivity index is 2.23. The highest BCUT2D eigenvalue weighted by molar-refractivity contribution is 6.31. The Morgan fingerprint density at radius 3 is 2.35 bits per heavy atom. The maximum absolute atomic E-state index is 9.28. The number of hydrogen-bond acceptors (Lipinski definition) is 6. The third-order valence-corrected chi connectivity index (χ3v) is 3.01. The van der Waals surface area contributed by atoms with E-state index in [9.17, 15) is 15.3 Å². The second-order valence-electron chi connectivity index (χ2n) is 3.88. The minimum absolute atomic E-state index is 0.0795. The van der Waals surface area contributed by atoms with Crippen molar-refractivity contribution in [3.05, 3.63) is 52.0 Å². The lowest BCUT2D eigenvalue weighted by Gasteiger charge is -2.19. The molecule has 0 atom stereocenters. The molecule has 3 N–H and O–H groups in total. The van der Waals surface area contributed by atoms with Crippen molar-refractivity contribution in [1.82, 2.24) is 9.97 Å². The molecule has 1 heterocycles. The lowest BCUT2D eigenvalue weighted by molar-refractivity contribution is -0.324. The molecule has 0 aliphatic heterocycles. The van der Waals surface area contributed by atoms with Crippen molar-refractivity contribution >= 4 is 23.2 Å². The zero-order valence-corrected chi connectivity index (χ0v) is 11.5. The number of halogens is 2. The predicted molar refractivity (Wildman–Crippen MR) is 71.2 cm³/mol. The lowest BCUT2D eigenvalue weighted by atomic mass is 10.1. The Morgan fingerprint density at radius 2 is 1.75 bits per heavy atom. The van der Waals surface area contributed by atoms with E-state index in [2.05, 4.69) is 9.97 Å². The van der Waals surface area contributed by atoms with Gasteiger partial charge in [0.2, 0.25) is 5.28 Å². The van der Waals surface area contributed by atoms with Crippen LogP contribution < -0.4 is 4.74 Å². The first kappa shape index (κ1) is 15.0. The first-order valence-electron chi connectivity index (χ1n) is 5.43. The number of aromatic nitrogens is 2. The molecule has 2 aromatic rings. The summed E-state index contributed by atoms with van der Waals surface area (Å²) in [7, 11) is 0. The third kappa shape index (κ3) is 3.56. The van der Waals surface area contributed by atoms with Crippen LogP contribution in [0.4, 0.5) is 0 Å². The molecule has 8 heteroatoms. The second kappa shape index (κ2) is 5.90. The summed E-state index contributed by atoms with van der Waals surface area (Å²) in [6, 6.07) is 4.33. The summed E-state index contributed by atoms with van der Waals surface area (Å²) in [5.41, 5.74) is 0.0662. The molecule has 20 heavy (non-hydrogen) atoms. The normalized spacial score (nSPS) is 11.4. The summed E-state index contributed by atoms with van der Waals surface area (Å²) in [6.45, 7) is -0.108. The zero-order chi connectivity index (χ0) is 14.8. The van der Waals surface area contributed by atoms with Crippen LogP contribution in [0.2, 0.25) is 10.3 Å². The summed E-state index contributed by atoms with van der Waals surface area (Å²) < 4.78 is 5.36. The van der Waals surface area contributed by atoms with E-state index < -0.39 is 5.97 Å². The minimum atomic E-state index is -3.00. The highest BCUT2D eigenvalue weighted by atomic mass is 35.5. The van der Waals surface area contributed by atoms with Crippen molar-refractivity contribution in [2.45, 2.75) is 12.6 Å². The van der Waals surface area contributed by atoms with Crippen molar-refractivity contribution in [1.29, 1.82) is 0 Å².